The molecule has 0 aromatic heterocycles. The van der Waals surface area contributed by atoms with Gasteiger partial charge in [-0.25, -0.2) is 4.31 Å². The number of likely N-dealkylation sites (N-methyl/N-ethyl adjacent to an activating group) is 1. The minimum absolute atomic E-state index is 0.0644. The molecule has 0 saturated heterocycles. The van der Waals surface area contributed by atoms with E-state index in [2.05, 4.69) is 0 Å². The van der Waals surface area contributed by atoms with Gasteiger partial charge in [0.05, 0.1) is 4.92 Å². The summed E-state index contributed by atoms with van der Waals surface area (Å²) in [7, 11) is 2.94. The largest absolute Gasteiger partial charge is 0.480 e. The Balaban J connectivity index is 2.20. The number of hydrogen-bond acceptors (Lipinski definition) is 8. The first-order chi connectivity index (χ1) is 13.3. The zero-order valence-electron chi connectivity index (χ0n) is 15.2. The number of rotatable bonds is 10. The van der Waals surface area contributed by atoms with Gasteiger partial charge in [0.1, 0.15) is 22.8 Å². The highest BCUT2D eigenvalue weighted by atomic mass is 32.2. The van der Waals surface area contributed by atoms with Crippen molar-refractivity contribution >= 4 is 23.6 Å². The second-order valence-corrected chi connectivity index (χ2v) is 6.91. The third-order valence-electron chi connectivity index (χ3n) is 3.81. The summed E-state index contributed by atoms with van der Waals surface area (Å²) in [6.45, 7) is 0.0644. The number of carboxylic acids is 1. The van der Waals surface area contributed by atoms with Crippen molar-refractivity contribution in [2.75, 3.05) is 21.0 Å². The van der Waals surface area contributed by atoms with Crippen LogP contribution in [-0.4, -0.2) is 52.4 Å². The molecule has 10 heteroatoms. The summed E-state index contributed by atoms with van der Waals surface area (Å²) in [6, 6.07) is 10.9. The van der Waals surface area contributed by atoms with Crippen LogP contribution < -0.4 is 4.74 Å². The fourth-order valence-corrected chi connectivity index (χ4v) is 3.46. The number of aliphatic hydroxyl groups excluding tert-OH is 1. The molecule has 9 nitrogen and oxygen atoms in total. The summed E-state index contributed by atoms with van der Waals surface area (Å²) in [5.41, 5.74) is 0.227. The van der Waals surface area contributed by atoms with Crippen LogP contribution in [0.25, 0.3) is 0 Å². The van der Waals surface area contributed by atoms with Crippen LogP contribution in [0, 0.1) is 10.1 Å². The molecule has 150 valence electrons. The summed E-state index contributed by atoms with van der Waals surface area (Å²) in [5, 5.41) is 31.4. The topological polar surface area (TPSA) is 122 Å². The van der Waals surface area contributed by atoms with Gasteiger partial charge in [-0.15, -0.1) is 0 Å². The van der Waals surface area contributed by atoms with Crippen molar-refractivity contribution in [1.29, 1.82) is 0 Å². The van der Waals surface area contributed by atoms with Crippen LogP contribution in [0.5, 0.6) is 5.75 Å². The Bertz CT molecular complexity index is 816. The number of nitro benzene ring substituents is 1. The van der Waals surface area contributed by atoms with Crippen LogP contribution in [0.15, 0.2) is 53.4 Å². The molecule has 0 saturated carbocycles. The summed E-state index contributed by atoms with van der Waals surface area (Å²) in [4.78, 5) is 22.7. The Morgan fingerprint density at radius 2 is 1.89 bits per heavy atom. The zero-order valence-corrected chi connectivity index (χ0v) is 16.0. The maximum Gasteiger partial charge on any atom is 0.324 e. The smallest absolute Gasteiger partial charge is 0.324 e. The van der Waals surface area contributed by atoms with Crippen LogP contribution in [0.4, 0.5) is 5.69 Å². The average molecular weight is 408 g/mol. The van der Waals surface area contributed by atoms with E-state index >= 15 is 0 Å². The molecule has 2 atom stereocenters. The van der Waals surface area contributed by atoms with Crippen molar-refractivity contribution in [2.24, 2.45) is 0 Å². The minimum Gasteiger partial charge on any atom is -0.480 e. The van der Waals surface area contributed by atoms with E-state index in [9.17, 15) is 25.1 Å². The van der Waals surface area contributed by atoms with Crippen molar-refractivity contribution in [3.63, 3.8) is 0 Å². The molecule has 0 radical (unpaired) electrons. The molecule has 2 rings (SSSR count). The number of carboxylic acid groups (broad SMARTS) is 1. The number of carbonyl (C=O) groups is 1. The first kappa shape index (κ1) is 21.6. The maximum absolute atomic E-state index is 11.8. The first-order valence-corrected chi connectivity index (χ1v) is 8.89. The highest BCUT2D eigenvalue weighted by Crippen LogP contribution is 2.34. The van der Waals surface area contributed by atoms with Gasteiger partial charge in [0, 0.05) is 13.2 Å². The van der Waals surface area contributed by atoms with Gasteiger partial charge >= 0.3 is 5.97 Å². The van der Waals surface area contributed by atoms with Gasteiger partial charge in [-0.05, 0) is 42.8 Å². The average Bonchev–Trinajstić information content (AvgIpc) is 2.66. The molecule has 0 aliphatic rings. The lowest BCUT2D eigenvalue weighted by Crippen LogP contribution is -2.39. The number of nitrogens with zero attached hydrogens (tertiary/aromatic N) is 2. The molecule has 0 bridgehead atoms. The van der Waals surface area contributed by atoms with Crippen molar-refractivity contribution in [2.45, 2.75) is 17.0 Å². The van der Waals surface area contributed by atoms with Crippen molar-refractivity contribution in [1.82, 2.24) is 4.31 Å². The fraction of sp³-hybridized carbons (Fsp3) is 0.278. The highest BCUT2D eigenvalue weighted by molar-refractivity contribution is 7.97. The SMILES string of the molecule is COCOc1ccc(C(O)C(C(=O)O)N(C)Sc2ccccc2[N+](=O)[O-])cc1. The van der Waals surface area contributed by atoms with Crippen LogP contribution in [-0.2, 0) is 9.53 Å². The third-order valence-corrected chi connectivity index (χ3v) is 4.87. The Morgan fingerprint density at radius 3 is 2.46 bits per heavy atom. The Labute approximate surface area is 165 Å². The zero-order chi connectivity index (χ0) is 20.7. The standard InChI is InChI=1S/C18H20N2O7S/c1-19(28-15-6-4-3-5-14(15)20(24)25)16(18(22)23)17(21)12-7-9-13(10-8-12)27-11-26-2/h3-10,16-17,21H,11H2,1-2H3,(H,22,23). The van der Waals surface area contributed by atoms with E-state index in [1.54, 1.807) is 30.3 Å². The lowest BCUT2D eigenvalue weighted by molar-refractivity contribution is -0.387. The van der Waals surface area contributed by atoms with Gasteiger partial charge in [0.15, 0.2) is 6.79 Å². The number of aliphatic carboxylic acids is 1. The minimum atomic E-state index is -1.37. The summed E-state index contributed by atoms with van der Waals surface area (Å²) in [6.07, 6.45) is -1.37. The molecular formula is C18H20N2O7S. The van der Waals surface area contributed by atoms with Crippen molar-refractivity contribution < 1.29 is 29.4 Å². The van der Waals surface area contributed by atoms with Crippen LogP contribution in [0.3, 0.4) is 0 Å². The summed E-state index contributed by atoms with van der Waals surface area (Å²) < 4.78 is 11.3. The van der Waals surface area contributed by atoms with Gasteiger partial charge in [0.25, 0.3) is 5.69 Å². The van der Waals surface area contributed by atoms with E-state index in [-0.39, 0.29) is 17.4 Å². The molecule has 2 unspecified atom stereocenters. The predicted octanol–water partition coefficient (Wildman–Crippen LogP) is 2.70. The molecule has 0 heterocycles. The Hall–Kier alpha value is -2.66. The van der Waals surface area contributed by atoms with Crippen LogP contribution >= 0.6 is 11.9 Å². The molecule has 28 heavy (non-hydrogen) atoms. The lowest BCUT2D eigenvalue weighted by Gasteiger charge is -2.27. The van der Waals surface area contributed by atoms with Gasteiger partial charge in [0.2, 0.25) is 0 Å². The van der Waals surface area contributed by atoms with Crippen molar-refractivity contribution in [3.8, 4) is 5.75 Å². The van der Waals surface area contributed by atoms with Gasteiger partial charge in [-0.3, -0.25) is 14.9 Å². The molecule has 0 fully saturated rings. The molecule has 0 aliphatic carbocycles. The van der Waals surface area contributed by atoms with Gasteiger partial charge < -0.3 is 19.7 Å². The number of benzene rings is 2. The van der Waals surface area contributed by atoms with Gasteiger partial charge in [-0.1, -0.05) is 24.3 Å². The highest BCUT2D eigenvalue weighted by Gasteiger charge is 2.33. The monoisotopic (exact) mass is 408 g/mol. The molecule has 0 spiro atoms. The van der Waals surface area contributed by atoms with E-state index in [1.807, 2.05) is 0 Å². The maximum atomic E-state index is 11.8. The van der Waals surface area contributed by atoms with E-state index in [4.69, 9.17) is 9.47 Å². The number of methoxy groups -OCH3 is 1. The fourth-order valence-electron chi connectivity index (χ4n) is 2.46. The molecular weight excluding hydrogens is 388 g/mol. The Kier molecular flexibility index (Phi) is 7.76. The summed E-state index contributed by atoms with van der Waals surface area (Å²) >= 11 is 0.882. The molecule has 2 aromatic rings. The molecule has 0 aliphatic heterocycles. The van der Waals surface area contributed by atoms with E-state index < -0.39 is 23.0 Å². The summed E-state index contributed by atoms with van der Waals surface area (Å²) in [5.74, 6) is -0.756. The van der Waals surface area contributed by atoms with Crippen LogP contribution in [0.2, 0.25) is 0 Å². The second-order valence-electron chi connectivity index (χ2n) is 5.71. The van der Waals surface area contributed by atoms with Crippen LogP contribution in [0.1, 0.15) is 11.7 Å². The van der Waals surface area contributed by atoms with E-state index in [1.165, 1.54) is 36.7 Å². The molecule has 2 aromatic carbocycles. The second kappa shape index (κ2) is 10.0. The lowest BCUT2D eigenvalue weighted by atomic mass is 10.0. The number of ether oxygens (including phenoxy) is 2. The van der Waals surface area contributed by atoms with E-state index in [0.29, 0.717) is 11.3 Å². The quantitative estimate of drug-likeness (QED) is 0.264. The van der Waals surface area contributed by atoms with Gasteiger partial charge in [-0.2, -0.15) is 0 Å². The number of para-hydroxylation sites is 1. The predicted molar refractivity (Wildman–Crippen MR) is 102 cm³/mol. The molecule has 2 N–H and O–H groups in total. The van der Waals surface area contributed by atoms with Crippen molar-refractivity contribution in [3.05, 3.63) is 64.2 Å². The van der Waals surface area contributed by atoms with E-state index in [0.717, 1.165) is 11.9 Å². The normalized spacial score (nSPS) is 13.1. The number of nitro groups is 1. The number of hydrogen-bond donors (Lipinski definition) is 2. The Morgan fingerprint density at radius 1 is 1.25 bits per heavy atom. The number of aliphatic hydroxyl groups is 1. The third kappa shape index (κ3) is 5.42. The first-order valence-electron chi connectivity index (χ1n) is 8.12. The molecule has 0 amide bonds.